The highest BCUT2D eigenvalue weighted by Gasteiger charge is 2.25. The zero-order valence-electron chi connectivity index (χ0n) is 18.1. The zero-order chi connectivity index (χ0) is 20.2. The number of aromatic nitrogens is 1. The van der Waals surface area contributed by atoms with Crippen molar-refractivity contribution in [3.63, 3.8) is 0 Å². The van der Waals surface area contributed by atoms with Gasteiger partial charge in [0, 0.05) is 55.7 Å². The van der Waals surface area contributed by atoms with Crippen LogP contribution in [0.4, 0.5) is 0 Å². The van der Waals surface area contributed by atoms with Gasteiger partial charge in [-0.3, -0.25) is 14.6 Å². The largest absolute Gasteiger partial charge is 0.345 e. The first-order valence-electron chi connectivity index (χ1n) is 11.3. The highest BCUT2D eigenvalue weighted by atomic mass is 16.1. The second-order valence-electron chi connectivity index (χ2n) is 8.91. The first kappa shape index (κ1) is 20.4. The maximum atomic E-state index is 13.1. The fraction of sp³-hybridized carbons (Fsp3) is 0.560. The highest BCUT2D eigenvalue weighted by Crippen LogP contribution is 2.32. The quantitative estimate of drug-likeness (QED) is 0.671. The molecule has 2 fully saturated rings. The molecule has 29 heavy (non-hydrogen) atoms. The van der Waals surface area contributed by atoms with Gasteiger partial charge in [0.25, 0.3) is 0 Å². The third-order valence-electron chi connectivity index (χ3n) is 6.81. The molecule has 2 aliphatic rings. The summed E-state index contributed by atoms with van der Waals surface area (Å²) in [6.07, 6.45) is 6.51. The summed E-state index contributed by atoms with van der Waals surface area (Å²) in [5.74, 6) is 0.289. The van der Waals surface area contributed by atoms with E-state index in [4.69, 9.17) is 0 Å². The Morgan fingerprint density at radius 3 is 2.28 bits per heavy atom. The minimum absolute atomic E-state index is 0.289. The van der Waals surface area contributed by atoms with E-state index in [1.54, 1.807) is 0 Å². The highest BCUT2D eigenvalue weighted by molar-refractivity contribution is 5.99. The predicted molar refractivity (Wildman–Crippen MR) is 119 cm³/mol. The van der Waals surface area contributed by atoms with Crippen molar-refractivity contribution in [1.29, 1.82) is 0 Å². The van der Waals surface area contributed by atoms with Crippen LogP contribution in [-0.4, -0.2) is 52.9 Å². The van der Waals surface area contributed by atoms with E-state index in [0.717, 1.165) is 38.3 Å². The number of rotatable bonds is 6. The third kappa shape index (κ3) is 4.81. The molecule has 1 aliphatic carbocycles. The molecule has 1 aromatic heterocycles. The van der Waals surface area contributed by atoms with Gasteiger partial charge in [-0.05, 0) is 38.3 Å². The fourth-order valence-electron chi connectivity index (χ4n) is 5.20. The summed E-state index contributed by atoms with van der Waals surface area (Å²) in [7, 11) is 0. The lowest BCUT2D eigenvalue weighted by molar-refractivity contribution is 0.0843. The summed E-state index contributed by atoms with van der Waals surface area (Å²) in [6, 6.07) is 13.4. The topological polar surface area (TPSA) is 28.5 Å². The van der Waals surface area contributed by atoms with Gasteiger partial charge in [0.2, 0.25) is 0 Å². The minimum atomic E-state index is 0.289. The van der Waals surface area contributed by atoms with Crippen LogP contribution in [0.25, 0.3) is 0 Å². The van der Waals surface area contributed by atoms with Crippen molar-refractivity contribution in [3.05, 3.63) is 58.9 Å². The summed E-state index contributed by atoms with van der Waals surface area (Å²) >= 11 is 0. The van der Waals surface area contributed by atoms with E-state index in [1.807, 2.05) is 0 Å². The molecule has 156 valence electrons. The summed E-state index contributed by atoms with van der Waals surface area (Å²) < 4.78 is 2.45. The van der Waals surface area contributed by atoms with Crippen LogP contribution in [0.1, 0.15) is 65.5 Å². The van der Waals surface area contributed by atoms with Gasteiger partial charge in [0.05, 0.1) is 6.54 Å². The van der Waals surface area contributed by atoms with Crippen LogP contribution in [0.2, 0.25) is 0 Å². The molecule has 0 amide bonds. The fourth-order valence-corrected chi connectivity index (χ4v) is 5.20. The number of hydrogen-bond acceptors (Lipinski definition) is 3. The molecule has 1 saturated heterocycles. The lowest BCUT2D eigenvalue weighted by Crippen LogP contribution is -2.47. The average Bonchev–Trinajstić information content (AvgIpc) is 3.05. The van der Waals surface area contributed by atoms with Crippen molar-refractivity contribution < 1.29 is 4.79 Å². The smallest absolute Gasteiger partial charge is 0.178 e. The van der Waals surface area contributed by atoms with E-state index in [0.29, 0.717) is 12.6 Å². The average molecular weight is 394 g/mol. The van der Waals surface area contributed by atoms with E-state index in [1.165, 1.54) is 49.1 Å². The Balaban J connectivity index is 1.33. The van der Waals surface area contributed by atoms with Crippen LogP contribution in [0, 0.1) is 13.8 Å². The van der Waals surface area contributed by atoms with Crippen molar-refractivity contribution >= 4 is 5.78 Å². The van der Waals surface area contributed by atoms with Gasteiger partial charge < -0.3 is 4.57 Å². The standard InChI is InChI=1S/C25H35N3O/c1-20-17-24(21(2)28(20)23-11-7-4-8-12-23)25(29)19-27-15-13-26(14-16-27)18-22-9-5-3-6-10-22/h3,5-6,9-10,17,23H,4,7-8,11-16,18-19H2,1-2H3. The van der Waals surface area contributed by atoms with Gasteiger partial charge in [0.1, 0.15) is 0 Å². The van der Waals surface area contributed by atoms with E-state index in [9.17, 15) is 4.79 Å². The Kier molecular flexibility index (Phi) is 6.51. The molecule has 4 rings (SSSR count). The number of carbonyl (C=O) groups excluding carboxylic acids is 1. The van der Waals surface area contributed by atoms with Crippen molar-refractivity contribution in [2.24, 2.45) is 0 Å². The molecule has 1 aliphatic heterocycles. The number of Topliss-reactive ketones (excluding diaryl/α,β-unsaturated/α-hetero) is 1. The zero-order valence-corrected chi connectivity index (χ0v) is 18.1. The van der Waals surface area contributed by atoms with Gasteiger partial charge in [0.15, 0.2) is 5.78 Å². The number of carbonyl (C=O) groups is 1. The predicted octanol–water partition coefficient (Wildman–Crippen LogP) is 4.61. The van der Waals surface area contributed by atoms with Gasteiger partial charge in [-0.1, -0.05) is 49.6 Å². The molecule has 0 unspecified atom stereocenters. The number of nitrogens with zero attached hydrogens (tertiary/aromatic N) is 3. The van der Waals surface area contributed by atoms with Crippen LogP contribution in [0.15, 0.2) is 36.4 Å². The second-order valence-corrected chi connectivity index (χ2v) is 8.91. The molecule has 0 spiro atoms. The van der Waals surface area contributed by atoms with Crippen LogP contribution in [-0.2, 0) is 6.54 Å². The van der Waals surface area contributed by atoms with Crippen molar-refractivity contribution in [1.82, 2.24) is 14.4 Å². The molecule has 0 radical (unpaired) electrons. The third-order valence-corrected chi connectivity index (χ3v) is 6.81. The SMILES string of the molecule is Cc1cc(C(=O)CN2CCN(Cc3ccccc3)CC2)c(C)n1C1CCCCC1. The molecule has 4 nitrogen and oxygen atoms in total. The van der Waals surface area contributed by atoms with E-state index >= 15 is 0 Å². The van der Waals surface area contributed by atoms with Crippen LogP contribution in [0.5, 0.6) is 0 Å². The van der Waals surface area contributed by atoms with Crippen molar-refractivity contribution in [3.8, 4) is 0 Å². The summed E-state index contributed by atoms with van der Waals surface area (Å²) in [5.41, 5.74) is 4.75. The minimum Gasteiger partial charge on any atom is -0.345 e. The lowest BCUT2D eigenvalue weighted by Gasteiger charge is -2.34. The number of benzene rings is 1. The molecule has 0 N–H and O–H groups in total. The molecule has 0 atom stereocenters. The summed E-state index contributed by atoms with van der Waals surface area (Å²) in [5, 5.41) is 0. The van der Waals surface area contributed by atoms with Crippen LogP contribution >= 0.6 is 0 Å². The van der Waals surface area contributed by atoms with E-state index < -0.39 is 0 Å². The first-order valence-corrected chi connectivity index (χ1v) is 11.3. The molecular formula is C25H35N3O. The maximum absolute atomic E-state index is 13.1. The van der Waals surface area contributed by atoms with Crippen molar-refractivity contribution in [2.45, 2.75) is 58.5 Å². The Morgan fingerprint density at radius 1 is 0.931 bits per heavy atom. The van der Waals surface area contributed by atoms with Gasteiger partial charge in [-0.15, -0.1) is 0 Å². The number of hydrogen-bond donors (Lipinski definition) is 0. The second kappa shape index (κ2) is 9.27. The Labute approximate surface area is 175 Å². The van der Waals surface area contributed by atoms with Crippen molar-refractivity contribution in [2.75, 3.05) is 32.7 Å². The molecule has 1 saturated carbocycles. The van der Waals surface area contributed by atoms with E-state index in [2.05, 4.69) is 64.6 Å². The summed E-state index contributed by atoms with van der Waals surface area (Å²) in [6.45, 7) is 9.87. The van der Waals surface area contributed by atoms with Gasteiger partial charge in [-0.2, -0.15) is 0 Å². The molecule has 0 bridgehead atoms. The van der Waals surface area contributed by atoms with Crippen LogP contribution < -0.4 is 0 Å². The number of aryl methyl sites for hydroxylation is 1. The number of piperazine rings is 1. The monoisotopic (exact) mass is 393 g/mol. The number of ketones is 1. The molecule has 2 heterocycles. The van der Waals surface area contributed by atoms with Gasteiger partial charge >= 0.3 is 0 Å². The van der Waals surface area contributed by atoms with Crippen LogP contribution in [0.3, 0.4) is 0 Å². The molecular weight excluding hydrogens is 358 g/mol. The molecule has 4 heteroatoms. The Hall–Kier alpha value is -1.91. The lowest BCUT2D eigenvalue weighted by atomic mass is 9.95. The Bertz CT molecular complexity index is 812. The maximum Gasteiger partial charge on any atom is 0.178 e. The molecule has 1 aromatic carbocycles. The summed E-state index contributed by atoms with van der Waals surface area (Å²) in [4.78, 5) is 17.9. The molecule has 2 aromatic rings. The first-order chi connectivity index (χ1) is 14.1. The van der Waals surface area contributed by atoms with E-state index in [-0.39, 0.29) is 5.78 Å². The van der Waals surface area contributed by atoms with Gasteiger partial charge in [-0.25, -0.2) is 0 Å². The Morgan fingerprint density at radius 2 is 1.59 bits per heavy atom. The normalized spacial score (nSPS) is 19.5.